The average Bonchev–Trinajstić information content (AvgIpc) is 3.05. The molecule has 1 heterocycles. The van der Waals surface area contributed by atoms with Crippen molar-refractivity contribution in [3.63, 3.8) is 0 Å². The summed E-state index contributed by atoms with van der Waals surface area (Å²) in [6.45, 7) is 0. The number of aromatic nitrogens is 1. The van der Waals surface area contributed by atoms with E-state index in [1.54, 1.807) is 25.3 Å². The molecule has 7 nitrogen and oxygen atoms in total. The predicted octanol–water partition coefficient (Wildman–Crippen LogP) is 2.65. The number of aromatic amines is 1. The van der Waals surface area contributed by atoms with E-state index < -0.39 is 0 Å². The molecule has 25 heavy (non-hydrogen) atoms. The smallest absolute Gasteiger partial charge is 0.287 e. The Morgan fingerprint density at radius 3 is 2.72 bits per heavy atom. The molecule has 2 aromatic carbocycles. The van der Waals surface area contributed by atoms with Gasteiger partial charge in [0.05, 0.1) is 20.4 Å². The zero-order valence-corrected chi connectivity index (χ0v) is 13.7. The molecule has 0 fully saturated rings. The number of benzene rings is 2. The van der Waals surface area contributed by atoms with Crippen molar-refractivity contribution in [3.8, 4) is 17.2 Å². The summed E-state index contributed by atoms with van der Waals surface area (Å²) in [4.78, 5) is 15.2. The van der Waals surface area contributed by atoms with Crippen LogP contribution in [0.15, 0.2) is 47.6 Å². The first-order chi connectivity index (χ1) is 12.1. The monoisotopic (exact) mass is 339 g/mol. The molecule has 128 valence electrons. The maximum atomic E-state index is 12.2. The number of aromatic hydroxyl groups is 1. The van der Waals surface area contributed by atoms with E-state index in [0.717, 1.165) is 10.9 Å². The fourth-order valence-electron chi connectivity index (χ4n) is 2.37. The van der Waals surface area contributed by atoms with E-state index in [-0.39, 0.29) is 11.7 Å². The average molecular weight is 339 g/mol. The number of phenolic OH excluding ortho intramolecular Hbond substituents is 1. The Bertz CT molecular complexity index is 947. The van der Waals surface area contributed by atoms with Crippen LogP contribution < -0.4 is 14.9 Å². The lowest BCUT2D eigenvalue weighted by atomic mass is 10.2. The number of carbonyl (C=O) groups excluding carboxylic acids is 1. The van der Waals surface area contributed by atoms with Crippen LogP contribution in [0.4, 0.5) is 0 Å². The largest absolute Gasteiger partial charge is 0.504 e. The topological polar surface area (TPSA) is 95.9 Å². The highest BCUT2D eigenvalue weighted by molar-refractivity contribution is 5.98. The van der Waals surface area contributed by atoms with Crippen LogP contribution in [0.1, 0.15) is 16.1 Å². The van der Waals surface area contributed by atoms with Gasteiger partial charge in [0, 0.05) is 17.0 Å². The van der Waals surface area contributed by atoms with Crippen molar-refractivity contribution < 1.29 is 19.4 Å². The van der Waals surface area contributed by atoms with Crippen LogP contribution in [0.25, 0.3) is 10.9 Å². The number of nitrogens with one attached hydrogen (secondary N) is 2. The quantitative estimate of drug-likeness (QED) is 0.492. The Morgan fingerprint density at radius 2 is 2.00 bits per heavy atom. The summed E-state index contributed by atoms with van der Waals surface area (Å²) in [6, 6.07) is 12.1. The van der Waals surface area contributed by atoms with E-state index in [1.165, 1.54) is 19.4 Å². The summed E-state index contributed by atoms with van der Waals surface area (Å²) in [6.07, 6.45) is 1.43. The number of phenols is 1. The van der Waals surface area contributed by atoms with Crippen LogP contribution in [-0.4, -0.2) is 36.4 Å². The molecule has 0 aliphatic carbocycles. The third-order valence-corrected chi connectivity index (χ3v) is 3.66. The van der Waals surface area contributed by atoms with Gasteiger partial charge in [0.2, 0.25) is 0 Å². The van der Waals surface area contributed by atoms with Gasteiger partial charge in [-0.3, -0.25) is 4.79 Å². The lowest BCUT2D eigenvalue weighted by Crippen LogP contribution is -2.17. The fourth-order valence-corrected chi connectivity index (χ4v) is 2.37. The Balaban J connectivity index is 1.70. The second kappa shape index (κ2) is 6.96. The molecule has 0 saturated carbocycles. The van der Waals surface area contributed by atoms with E-state index in [9.17, 15) is 9.90 Å². The summed E-state index contributed by atoms with van der Waals surface area (Å²) < 4.78 is 10.1. The van der Waals surface area contributed by atoms with E-state index >= 15 is 0 Å². The molecular weight excluding hydrogens is 322 g/mol. The second-order valence-corrected chi connectivity index (χ2v) is 5.27. The molecule has 3 N–H and O–H groups in total. The summed E-state index contributed by atoms with van der Waals surface area (Å²) in [7, 11) is 3.06. The third kappa shape index (κ3) is 3.55. The number of amides is 1. The minimum Gasteiger partial charge on any atom is -0.504 e. The van der Waals surface area contributed by atoms with Crippen LogP contribution in [0.5, 0.6) is 17.2 Å². The Labute approximate surface area is 143 Å². The first kappa shape index (κ1) is 16.4. The van der Waals surface area contributed by atoms with Crippen LogP contribution in [-0.2, 0) is 0 Å². The van der Waals surface area contributed by atoms with Crippen molar-refractivity contribution in [3.05, 3.63) is 53.7 Å². The molecule has 0 spiro atoms. The summed E-state index contributed by atoms with van der Waals surface area (Å²) >= 11 is 0. The predicted molar refractivity (Wildman–Crippen MR) is 94.6 cm³/mol. The molecule has 0 aliphatic heterocycles. The van der Waals surface area contributed by atoms with Gasteiger partial charge >= 0.3 is 0 Å². The molecule has 1 amide bonds. The van der Waals surface area contributed by atoms with Crippen LogP contribution in [0, 0.1) is 0 Å². The van der Waals surface area contributed by atoms with Crippen molar-refractivity contribution >= 4 is 23.0 Å². The molecule has 0 atom stereocenters. The first-order valence-corrected chi connectivity index (χ1v) is 7.48. The zero-order chi connectivity index (χ0) is 17.8. The number of methoxy groups -OCH3 is 2. The van der Waals surface area contributed by atoms with Crippen molar-refractivity contribution in [2.24, 2.45) is 5.10 Å². The number of hydrogen-bond donors (Lipinski definition) is 3. The lowest BCUT2D eigenvalue weighted by Gasteiger charge is -2.03. The van der Waals surface area contributed by atoms with Crippen LogP contribution in [0.2, 0.25) is 0 Å². The van der Waals surface area contributed by atoms with E-state index in [0.29, 0.717) is 22.8 Å². The lowest BCUT2D eigenvalue weighted by molar-refractivity contribution is 0.0951. The molecule has 0 aliphatic rings. The molecule has 3 aromatic rings. The zero-order valence-electron chi connectivity index (χ0n) is 13.7. The van der Waals surface area contributed by atoms with Crippen LogP contribution in [0.3, 0.4) is 0 Å². The van der Waals surface area contributed by atoms with E-state index in [2.05, 4.69) is 15.5 Å². The molecule has 7 heteroatoms. The number of fused-ring (bicyclic) bond motifs is 1. The maximum Gasteiger partial charge on any atom is 0.287 e. The van der Waals surface area contributed by atoms with Crippen LogP contribution >= 0.6 is 0 Å². The Morgan fingerprint density at radius 1 is 1.16 bits per heavy atom. The highest BCUT2D eigenvalue weighted by Gasteiger charge is 2.09. The number of ether oxygens (including phenoxy) is 2. The maximum absolute atomic E-state index is 12.2. The minimum atomic E-state index is -0.371. The number of nitrogens with zero attached hydrogens (tertiary/aromatic N) is 1. The second-order valence-electron chi connectivity index (χ2n) is 5.27. The standard InChI is InChI=1S/C18H17N3O4/c1-24-13-5-4-12-8-15(20-14(12)9-13)18(23)21-19-10-11-3-6-17(25-2)16(22)7-11/h3-10,20,22H,1-2H3,(H,21,23). The van der Waals surface area contributed by atoms with Crippen molar-refractivity contribution in [1.82, 2.24) is 10.4 Å². The molecule has 3 rings (SSSR count). The minimum absolute atomic E-state index is 0.00217. The highest BCUT2D eigenvalue weighted by atomic mass is 16.5. The van der Waals surface area contributed by atoms with E-state index in [1.807, 2.05) is 18.2 Å². The van der Waals surface area contributed by atoms with Gasteiger partial charge in [-0.05, 0) is 42.0 Å². The molecule has 0 saturated heterocycles. The van der Waals surface area contributed by atoms with Gasteiger partial charge in [0.1, 0.15) is 11.4 Å². The number of H-pyrrole nitrogens is 1. The molecule has 1 aromatic heterocycles. The number of carbonyl (C=O) groups is 1. The summed E-state index contributed by atoms with van der Waals surface area (Å²) in [5.74, 6) is 0.708. The highest BCUT2D eigenvalue weighted by Crippen LogP contribution is 2.25. The summed E-state index contributed by atoms with van der Waals surface area (Å²) in [5, 5.41) is 14.5. The third-order valence-electron chi connectivity index (χ3n) is 3.66. The molecular formula is C18H17N3O4. The van der Waals surface area contributed by atoms with Gasteiger partial charge in [-0.1, -0.05) is 0 Å². The van der Waals surface area contributed by atoms with Gasteiger partial charge in [0.25, 0.3) is 5.91 Å². The summed E-state index contributed by atoms with van der Waals surface area (Å²) in [5.41, 5.74) is 4.25. The fraction of sp³-hybridized carbons (Fsp3) is 0.111. The van der Waals surface area contributed by atoms with Crippen molar-refractivity contribution in [2.45, 2.75) is 0 Å². The van der Waals surface area contributed by atoms with E-state index in [4.69, 9.17) is 9.47 Å². The van der Waals surface area contributed by atoms with Crippen molar-refractivity contribution in [1.29, 1.82) is 0 Å². The Hall–Kier alpha value is -3.48. The van der Waals surface area contributed by atoms with Crippen molar-refractivity contribution in [2.75, 3.05) is 14.2 Å². The molecule has 0 bridgehead atoms. The normalized spacial score (nSPS) is 11.0. The van der Waals surface area contributed by atoms with Gasteiger partial charge in [-0.25, -0.2) is 5.43 Å². The molecule has 0 radical (unpaired) electrons. The van der Waals surface area contributed by atoms with Gasteiger partial charge in [-0.15, -0.1) is 0 Å². The number of hydrogen-bond acceptors (Lipinski definition) is 5. The molecule has 0 unspecified atom stereocenters. The van der Waals surface area contributed by atoms with Gasteiger partial charge in [0.15, 0.2) is 11.5 Å². The Kier molecular flexibility index (Phi) is 4.56. The number of rotatable bonds is 5. The SMILES string of the molecule is COc1ccc2cc(C(=O)NN=Cc3ccc(OC)c(O)c3)[nH]c2c1. The van der Waals surface area contributed by atoms with Gasteiger partial charge in [-0.2, -0.15) is 5.10 Å². The first-order valence-electron chi connectivity index (χ1n) is 7.48. The number of hydrazone groups is 1. The van der Waals surface area contributed by atoms with Gasteiger partial charge < -0.3 is 19.6 Å².